The molecule has 0 aliphatic carbocycles. The lowest BCUT2D eigenvalue weighted by atomic mass is 10.1. The summed E-state index contributed by atoms with van der Waals surface area (Å²) >= 11 is 5.93. The molecule has 1 aromatic heterocycles. The number of carbonyl (C=O) groups is 2. The number of rotatable bonds is 5. The first-order valence-electron chi connectivity index (χ1n) is 7.38. The highest BCUT2D eigenvalue weighted by Gasteiger charge is 2.17. The van der Waals surface area contributed by atoms with Crippen LogP contribution in [0.15, 0.2) is 29.1 Å². The number of amides is 2. The Morgan fingerprint density at radius 2 is 1.96 bits per heavy atom. The Kier molecular flexibility index (Phi) is 5.48. The highest BCUT2D eigenvalue weighted by atomic mass is 35.5. The van der Waals surface area contributed by atoms with E-state index in [1.807, 2.05) is 0 Å². The minimum Gasteiger partial charge on any atom is -0.495 e. The third-order valence-corrected chi connectivity index (χ3v) is 3.92. The maximum absolute atomic E-state index is 12.5. The first kappa shape index (κ1) is 18.5. The molecule has 0 saturated heterocycles. The molecule has 2 amide bonds. The van der Waals surface area contributed by atoms with Crippen molar-refractivity contribution in [2.75, 3.05) is 12.4 Å². The number of aryl methyl sites for hydroxylation is 2. The monoisotopic (exact) mass is 363 g/mol. The molecule has 3 N–H and O–H groups in total. The number of carbonyl (C=O) groups excluding carboxylic acids is 2. The maximum atomic E-state index is 12.5. The second kappa shape index (κ2) is 7.40. The maximum Gasteiger partial charge on any atom is 0.264 e. The van der Waals surface area contributed by atoms with E-state index in [2.05, 4.69) is 5.32 Å². The number of nitrogens with zero attached hydrogens (tertiary/aromatic N) is 1. The standard InChI is InChI=1S/C17H18ClN3O4/c1-9-6-10(2)21(17(24)15(9)16(19)23)8-14(22)20-12-7-11(18)4-5-13(12)25-3/h4-7H,8H2,1-3H3,(H2,19,23)(H,20,22). The van der Waals surface area contributed by atoms with Crippen LogP contribution in [0.3, 0.4) is 0 Å². The summed E-state index contributed by atoms with van der Waals surface area (Å²) in [5.74, 6) is -0.859. The lowest BCUT2D eigenvalue weighted by molar-refractivity contribution is -0.116. The van der Waals surface area contributed by atoms with Crippen molar-refractivity contribution in [1.82, 2.24) is 4.57 Å². The molecular weight excluding hydrogens is 346 g/mol. The van der Waals surface area contributed by atoms with Gasteiger partial charge in [0.1, 0.15) is 17.9 Å². The number of halogens is 1. The molecule has 0 fully saturated rings. The molecule has 0 unspecified atom stereocenters. The number of nitrogens with two attached hydrogens (primary N) is 1. The second-order valence-corrected chi connectivity index (χ2v) is 5.93. The van der Waals surface area contributed by atoms with Crippen molar-refractivity contribution < 1.29 is 14.3 Å². The van der Waals surface area contributed by atoms with Crippen molar-refractivity contribution >= 4 is 29.1 Å². The molecule has 8 heteroatoms. The number of methoxy groups -OCH3 is 1. The van der Waals surface area contributed by atoms with Gasteiger partial charge >= 0.3 is 0 Å². The minimum atomic E-state index is -0.826. The van der Waals surface area contributed by atoms with Gasteiger partial charge in [-0.25, -0.2) is 0 Å². The Morgan fingerprint density at radius 1 is 1.28 bits per heavy atom. The third-order valence-electron chi connectivity index (χ3n) is 3.69. The summed E-state index contributed by atoms with van der Waals surface area (Å²) in [7, 11) is 1.46. The summed E-state index contributed by atoms with van der Waals surface area (Å²) in [4.78, 5) is 36.3. The molecule has 132 valence electrons. The van der Waals surface area contributed by atoms with E-state index in [0.29, 0.717) is 27.7 Å². The Morgan fingerprint density at radius 3 is 2.56 bits per heavy atom. The third kappa shape index (κ3) is 4.00. The van der Waals surface area contributed by atoms with Gasteiger partial charge in [0.05, 0.1) is 12.8 Å². The smallest absolute Gasteiger partial charge is 0.264 e. The summed E-state index contributed by atoms with van der Waals surface area (Å²) < 4.78 is 6.36. The van der Waals surface area contributed by atoms with E-state index in [1.54, 1.807) is 32.0 Å². The van der Waals surface area contributed by atoms with E-state index < -0.39 is 17.4 Å². The summed E-state index contributed by atoms with van der Waals surface area (Å²) in [5, 5.41) is 3.07. The van der Waals surface area contributed by atoms with E-state index in [-0.39, 0.29) is 12.1 Å². The minimum absolute atomic E-state index is 0.126. The van der Waals surface area contributed by atoms with E-state index >= 15 is 0 Å². The van der Waals surface area contributed by atoms with E-state index in [4.69, 9.17) is 22.1 Å². The molecule has 25 heavy (non-hydrogen) atoms. The summed E-state index contributed by atoms with van der Waals surface area (Å²) in [5.41, 5.74) is 5.93. The van der Waals surface area contributed by atoms with Crippen molar-refractivity contribution in [2.45, 2.75) is 20.4 Å². The van der Waals surface area contributed by atoms with Gasteiger partial charge in [-0.05, 0) is 43.7 Å². The Balaban J connectivity index is 2.33. The molecule has 2 aromatic rings. The van der Waals surface area contributed by atoms with Crippen LogP contribution in [0.1, 0.15) is 21.6 Å². The van der Waals surface area contributed by atoms with Crippen molar-refractivity contribution in [3.05, 3.63) is 56.5 Å². The van der Waals surface area contributed by atoms with Gasteiger partial charge in [-0.2, -0.15) is 0 Å². The van der Waals surface area contributed by atoms with E-state index in [9.17, 15) is 14.4 Å². The SMILES string of the molecule is COc1ccc(Cl)cc1NC(=O)Cn1c(C)cc(C)c(C(N)=O)c1=O. The number of hydrogen-bond donors (Lipinski definition) is 2. The first-order chi connectivity index (χ1) is 11.7. The summed E-state index contributed by atoms with van der Waals surface area (Å²) in [6, 6.07) is 6.42. The fraction of sp³-hybridized carbons (Fsp3) is 0.235. The quantitative estimate of drug-likeness (QED) is 0.846. The fourth-order valence-electron chi connectivity index (χ4n) is 2.53. The molecule has 0 radical (unpaired) electrons. The molecule has 0 atom stereocenters. The van der Waals surface area contributed by atoms with E-state index in [1.165, 1.54) is 17.7 Å². The van der Waals surface area contributed by atoms with Gasteiger partial charge in [0.2, 0.25) is 5.91 Å². The average Bonchev–Trinajstić information content (AvgIpc) is 2.51. The molecule has 1 heterocycles. The number of anilines is 1. The van der Waals surface area contributed by atoms with Crippen molar-refractivity contribution in [3.63, 3.8) is 0 Å². The number of benzene rings is 1. The Labute approximate surface area is 149 Å². The molecule has 0 saturated carbocycles. The zero-order valence-electron chi connectivity index (χ0n) is 14.1. The highest BCUT2D eigenvalue weighted by Crippen LogP contribution is 2.27. The van der Waals surface area contributed by atoms with Gasteiger partial charge < -0.3 is 20.4 Å². The van der Waals surface area contributed by atoms with Gasteiger partial charge in [0.25, 0.3) is 11.5 Å². The zero-order chi connectivity index (χ0) is 18.7. The number of ether oxygens (including phenoxy) is 1. The van der Waals surface area contributed by atoms with Crippen LogP contribution in [0, 0.1) is 13.8 Å². The Bertz CT molecular complexity index is 905. The highest BCUT2D eigenvalue weighted by molar-refractivity contribution is 6.31. The molecule has 0 aliphatic rings. The van der Waals surface area contributed by atoms with Crippen LogP contribution in [-0.2, 0) is 11.3 Å². The fourth-order valence-corrected chi connectivity index (χ4v) is 2.71. The number of aromatic nitrogens is 1. The molecule has 7 nitrogen and oxygen atoms in total. The predicted molar refractivity (Wildman–Crippen MR) is 95.3 cm³/mol. The number of hydrogen-bond acceptors (Lipinski definition) is 4. The van der Waals surface area contributed by atoms with Crippen molar-refractivity contribution in [3.8, 4) is 5.75 Å². The molecule has 0 aliphatic heterocycles. The van der Waals surface area contributed by atoms with Crippen LogP contribution in [-0.4, -0.2) is 23.5 Å². The number of primary amides is 1. The Hall–Kier alpha value is -2.80. The van der Waals surface area contributed by atoms with Gasteiger partial charge in [0, 0.05) is 10.7 Å². The van der Waals surface area contributed by atoms with E-state index in [0.717, 1.165) is 0 Å². The van der Waals surface area contributed by atoms with Crippen LogP contribution < -0.4 is 21.3 Å². The molecular formula is C17H18ClN3O4. The van der Waals surface area contributed by atoms with Crippen LogP contribution in [0.2, 0.25) is 5.02 Å². The summed E-state index contributed by atoms with van der Waals surface area (Å²) in [6.45, 7) is 3.02. The average molecular weight is 364 g/mol. The van der Waals surface area contributed by atoms with Gasteiger partial charge in [0.15, 0.2) is 0 Å². The molecule has 0 bridgehead atoms. The van der Waals surface area contributed by atoms with Crippen molar-refractivity contribution in [2.24, 2.45) is 5.73 Å². The topological polar surface area (TPSA) is 103 Å². The normalized spacial score (nSPS) is 10.4. The molecule has 2 rings (SSSR count). The molecule has 0 spiro atoms. The van der Waals surface area contributed by atoms with Crippen LogP contribution in [0.4, 0.5) is 5.69 Å². The lowest BCUT2D eigenvalue weighted by Crippen LogP contribution is -2.35. The largest absolute Gasteiger partial charge is 0.495 e. The first-order valence-corrected chi connectivity index (χ1v) is 7.76. The van der Waals surface area contributed by atoms with Crippen LogP contribution >= 0.6 is 11.6 Å². The zero-order valence-corrected chi connectivity index (χ0v) is 14.8. The molecule has 1 aromatic carbocycles. The van der Waals surface area contributed by atoms with Gasteiger partial charge in [-0.3, -0.25) is 14.4 Å². The predicted octanol–water partition coefficient (Wildman–Crippen LogP) is 1.86. The van der Waals surface area contributed by atoms with Crippen LogP contribution in [0.25, 0.3) is 0 Å². The summed E-state index contributed by atoms with van der Waals surface area (Å²) in [6.07, 6.45) is 0. The second-order valence-electron chi connectivity index (χ2n) is 5.49. The van der Waals surface area contributed by atoms with Crippen LogP contribution in [0.5, 0.6) is 5.75 Å². The van der Waals surface area contributed by atoms with Gasteiger partial charge in [-0.15, -0.1) is 0 Å². The number of pyridine rings is 1. The van der Waals surface area contributed by atoms with Gasteiger partial charge in [-0.1, -0.05) is 11.6 Å². The number of nitrogens with one attached hydrogen (secondary N) is 1. The lowest BCUT2D eigenvalue weighted by Gasteiger charge is -2.14. The van der Waals surface area contributed by atoms with Crippen molar-refractivity contribution in [1.29, 1.82) is 0 Å².